The smallest absolute Gasteiger partial charge is 0.0771 e. The Hall–Kier alpha value is 0.348. The maximum absolute atomic E-state index is 2.65. The van der Waals surface area contributed by atoms with Gasteiger partial charge in [0, 0.05) is 19.0 Å². The van der Waals surface area contributed by atoms with Crippen molar-refractivity contribution in [3.8, 4) is 0 Å². The Morgan fingerprint density at radius 2 is 1.29 bits per heavy atom. The molecule has 0 aliphatic heterocycles. The summed E-state index contributed by atoms with van der Waals surface area (Å²) in [5.74, 6) is 0. The van der Waals surface area contributed by atoms with Gasteiger partial charge < -0.3 is 0 Å². The Morgan fingerprint density at radius 1 is 0.833 bits per heavy atom. The molecule has 0 N–H and O–H groups in total. The summed E-state index contributed by atoms with van der Waals surface area (Å²) >= 11 is 0. The second-order valence-electron chi connectivity index (χ2n) is 10.8. The Balaban J connectivity index is 3.07. The Labute approximate surface area is 159 Å². The molecule has 24 heavy (non-hydrogen) atoms. The van der Waals surface area contributed by atoms with Gasteiger partial charge in [0.2, 0.25) is 0 Å². The quantitative estimate of drug-likeness (QED) is 0.432. The molecule has 4 heteroatoms. The molecule has 0 saturated carbocycles. The maximum atomic E-state index is 2.65. The minimum Gasteiger partial charge on any atom is -0.0844 e. The monoisotopic (exact) mass is 392 g/mol. The molecule has 0 heterocycles. The molecule has 0 aromatic heterocycles. The molecule has 0 saturated heterocycles. The van der Waals surface area contributed by atoms with Gasteiger partial charge in [0.05, 0.1) is 16.1 Å². The van der Waals surface area contributed by atoms with E-state index in [2.05, 4.69) is 79.9 Å². The van der Waals surface area contributed by atoms with E-state index < -0.39 is 16.1 Å². The standard InChI is InChI=1S/C20H40Si4/c1-19(2,3)21-15-23(7,8)17-13-11-12-14-18(17)24(9,10)16-22-20(4,5)6/h11,13H,12,14-16H2,1-10H3. The van der Waals surface area contributed by atoms with E-state index >= 15 is 0 Å². The lowest BCUT2D eigenvalue weighted by molar-refractivity contribution is 0.753. The number of allylic oxidation sites excluding steroid dienone is 4. The molecule has 0 aromatic carbocycles. The summed E-state index contributed by atoms with van der Waals surface area (Å²) < 4.78 is 0. The van der Waals surface area contributed by atoms with Crippen LogP contribution in [0, 0.1) is 0 Å². The first kappa shape index (κ1) is 22.4. The van der Waals surface area contributed by atoms with E-state index in [1.807, 2.05) is 10.4 Å². The largest absolute Gasteiger partial charge is 0.0844 e. The highest BCUT2D eigenvalue weighted by Crippen LogP contribution is 2.38. The van der Waals surface area contributed by atoms with Crippen LogP contribution in [0.1, 0.15) is 54.4 Å². The molecule has 1 aliphatic carbocycles. The lowest BCUT2D eigenvalue weighted by atomic mass is 10.2. The van der Waals surface area contributed by atoms with Crippen LogP contribution in [-0.2, 0) is 0 Å². The average molecular weight is 393 g/mol. The Morgan fingerprint density at radius 3 is 1.75 bits per heavy atom. The van der Waals surface area contributed by atoms with Crippen molar-refractivity contribution in [2.24, 2.45) is 0 Å². The van der Waals surface area contributed by atoms with Crippen LogP contribution >= 0.6 is 0 Å². The van der Waals surface area contributed by atoms with Crippen LogP contribution in [0.2, 0.25) is 47.6 Å². The fraction of sp³-hybridized carbons (Fsp3) is 0.800. The number of hydrogen-bond acceptors (Lipinski definition) is 0. The van der Waals surface area contributed by atoms with Crippen LogP contribution in [0.25, 0.3) is 0 Å². The average Bonchev–Trinajstić information content (AvgIpc) is 2.42. The van der Waals surface area contributed by atoms with E-state index in [1.54, 1.807) is 0 Å². The fourth-order valence-corrected chi connectivity index (χ4v) is 17.7. The van der Waals surface area contributed by atoms with E-state index in [4.69, 9.17) is 0 Å². The van der Waals surface area contributed by atoms with Crippen molar-refractivity contribution in [3.05, 3.63) is 22.5 Å². The first-order valence-electron chi connectivity index (χ1n) is 9.55. The summed E-state index contributed by atoms with van der Waals surface area (Å²) in [6.07, 6.45) is 7.66. The predicted molar refractivity (Wildman–Crippen MR) is 121 cm³/mol. The lowest BCUT2D eigenvalue weighted by Gasteiger charge is -2.38. The first-order chi connectivity index (χ1) is 10.6. The molecule has 0 spiro atoms. The molecule has 1 rings (SSSR count). The van der Waals surface area contributed by atoms with E-state index in [9.17, 15) is 0 Å². The molecule has 0 bridgehead atoms. The molecule has 0 atom stereocenters. The second-order valence-corrected chi connectivity index (χ2v) is 26.0. The second kappa shape index (κ2) is 7.93. The van der Waals surface area contributed by atoms with Crippen LogP contribution < -0.4 is 0 Å². The van der Waals surface area contributed by atoms with Crippen LogP contribution in [0.3, 0.4) is 0 Å². The zero-order valence-corrected chi connectivity index (χ0v) is 22.0. The van der Waals surface area contributed by atoms with Crippen molar-refractivity contribution < 1.29 is 0 Å². The molecule has 136 valence electrons. The van der Waals surface area contributed by atoms with Crippen LogP contribution in [0.4, 0.5) is 0 Å². The van der Waals surface area contributed by atoms with E-state index in [0.717, 1.165) is 19.0 Å². The van der Waals surface area contributed by atoms with Gasteiger partial charge in [-0.3, -0.25) is 0 Å². The van der Waals surface area contributed by atoms with Crippen LogP contribution in [0.5, 0.6) is 0 Å². The molecular weight excluding hydrogens is 353 g/mol. The van der Waals surface area contributed by atoms with Crippen molar-refractivity contribution in [2.45, 2.75) is 102 Å². The topological polar surface area (TPSA) is 0 Å². The summed E-state index contributed by atoms with van der Waals surface area (Å²) in [5.41, 5.74) is 2.95. The third-order valence-electron chi connectivity index (χ3n) is 4.84. The Bertz CT molecular complexity index is 485. The van der Waals surface area contributed by atoms with Crippen LogP contribution in [0.15, 0.2) is 22.5 Å². The molecule has 0 amide bonds. The van der Waals surface area contributed by atoms with Crippen LogP contribution in [-0.4, -0.2) is 35.2 Å². The molecule has 0 fully saturated rings. The van der Waals surface area contributed by atoms with Gasteiger partial charge in [0.15, 0.2) is 0 Å². The van der Waals surface area contributed by atoms with Crippen molar-refractivity contribution in [1.29, 1.82) is 0 Å². The summed E-state index contributed by atoms with van der Waals surface area (Å²) in [6.45, 7) is 25.0. The zero-order chi connectivity index (χ0) is 18.8. The molecular formula is C20H40Si4. The fourth-order valence-electron chi connectivity index (χ4n) is 3.18. The maximum Gasteiger partial charge on any atom is 0.0771 e. The minimum absolute atomic E-state index is 0.490. The minimum atomic E-state index is -1.32. The summed E-state index contributed by atoms with van der Waals surface area (Å²) in [5, 5.41) is 4.78. The van der Waals surface area contributed by atoms with Gasteiger partial charge in [0.25, 0.3) is 0 Å². The molecule has 0 unspecified atom stereocenters. The highest BCUT2D eigenvalue weighted by atomic mass is 28.4. The SMILES string of the molecule is CC(C)(C)[Si]C[Si](C)(C)C1=C([Si](C)(C)C[Si]C(C)(C)C)CCC=C1. The third-order valence-corrected chi connectivity index (χ3v) is 19.8. The highest BCUT2D eigenvalue weighted by Gasteiger charge is 2.36. The van der Waals surface area contributed by atoms with E-state index in [-0.39, 0.29) is 0 Å². The van der Waals surface area contributed by atoms with Gasteiger partial charge in [-0.15, -0.1) is 0 Å². The molecule has 0 aromatic rings. The molecule has 4 radical (unpaired) electrons. The summed E-state index contributed by atoms with van der Waals surface area (Å²) in [6, 6.07) is 0. The van der Waals surface area contributed by atoms with E-state index in [0.29, 0.717) is 10.1 Å². The van der Waals surface area contributed by atoms with Crippen molar-refractivity contribution in [2.75, 3.05) is 0 Å². The molecule has 1 aliphatic rings. The van der Waals surface area contributed by atoms with Crippen molar-refractivity contribution in [1.82, 2.24) is 0 Å². The van der Waals surface area contributed by atoms with Crippen molar-refractivity contribution >= 4 is 35.2 Å². The Kier molecular flexibility index (Phi) is 7.40. The first-order valence-corrected chi connectivity index (χ1v) is 18.4. The highest BCUT2D eigenvalue weighted by molar-refractivity contribution is 6.96. The van der Waals surface area contributed by atoms with Gasteiger partial charge in [-0.05, 0) is 22.9 Å². The van der Waals surface area contributed by atoms with Crippen molar-refractivity contribution in [3.63, 3.8) is 0 Å². The lowest BCUT2D eigenvalue weighted by Crippen LogP contribution is -2.41. The van der Waals surface area contributed by atoms with Gasteiger partial charge >= 0.3 is 0 Å². The normalized spacial score (nSPS) is 17.6. The van der Waals surface area contributed by atoms with Gasteiger partial charge in [-0.25, -0.2) is 0 Å². The number of rotatable bonds is 6. The summed E-state index contributed by atoms with van der Waals surface area (Å²) in [4.78, 5) is 0. The van der Waals surface area contributed by atoms with Gasteiger partial charge in [0.1, 0.15) is 0 Å². The van der Waals surface area contributed by atoms with E-state index in [1.165, 1.54) is 24.2 Å². The predicted octanol–water partition coefficient (Wildman–Crippen LogP) is 6.89. The third kappa shape index (κ3) is 7.30. The van der Waals surface area contributed by atoms with Gasteiger partial charge in [-0.1, -0.05) is 102 Å². The molecule has 0 nitrogen and oxygen atoms in total. The number of hydrogen-bond donors (Lipinski definition) is 0. The van der Waals surface area contributed by atoms with Gasteiger partial charge in [-0.2, -0.15) is 0 Å². The summed E-state index contributed by atoms with van der Waals surface area (Å²) in [7, 11) is -0.403. The zero-order valence-electron chi connectivity index (χ0n) is 18.0.